The second kappa shape index (κ2) is 8.75. The van der Waals surface area contributed by atoms with Gasteiger partial charge in [0.05, 0.1) is 23.9 Å². The number of fused-ring (bicyclic) bond motifs is 1. The van der Waals surface area contributed by atoms with Gasteiger partial charge in [-0.1, -0.05) is 6.07 Å². The van der Waals surface area contributed by atoms with Crippen molar-refractivity contribution < 1.29 is 9.50 Å². The number of anilines is 3. The fourth-order valence-corrected chi connectivity index (χ4v) is 4.41. The summed E-state index contributed by atoms with van der Waals surface area (Å²) in [6.07, 6.45) is 8.38. The quantitative estimate of drug-likeness (QED) is 0.320. The average Bonchev–Trinajstić information content (AvgIpc) is 3.65. The SMILES string of the molecule is Cn1cc(Nc2nc(N)nc(-c3ccnc(-n4ccc5cc(C6CC6)cc(F)c5c4=O)c3CO)n2)cn1. The molecular weight excluding hydrogens is 477 g/mol. The molecule has 0 aliphatic heterocycles. The molecule has 11 nitrogen and oxygen atoms in total. The lowest BCUT2D eigenvalue weighted by Gasteiger charge is -2.14. The van der Waals surface area contributed by atoms with Crippen molar-refractivity contribution >= 4 is 28.4 Å². The maximum atomic E-state index is 15.1. The molecule has 0 saturated heterocycles. The van der Waals surface area contributed by atoms with Gasteiger partial charge in [-0.25, -0.2) is 9.37 Å². The third kappa shape index (κ3) is 4.16. The van der Waals surface area contributed by atoms with E-state index in [1.54, 1.807) is 36.3 Å². The summed E-state index contributed by atoms with van der Waals surface area (Å²) in [6.45, 7) is -0.483. The molecule has 6 rings (SSSR count). The lowest BCUT2D eigenvalue weighted by molar-refractivity contribution is 0.281. The van der Waals surface area contributed by atoms with Crippen molar-refractivity contribution in [2.45, 2.75) is 25.4 Å². The van der Waals surface area contributed by atoms with Crippen molar-refractivity contribution in [1.82, 2.24) is 34.3 Å². The molecule has 4 heterocycles. The molecule has 0 radical (unpaired) electrons. The van der Waals surface area contributed by atoms with E-state index in [0.717, 1.165) is 18.4 Å². The number of aromatic nitrogens is 7. The van der Waals surface area contributed by atoms with Crippen LogP contribution >= 0.6 is 0 Å². The van der Waals surface area contributed by atoms with Gasteiger partial charge in [0.15, 0.2) is 5.82 Å². The van der Waals surface area contributed by atoms with Crippen LogP contribution < -0.4 is 16.6 Å². The normalized spacial score (nSPS) is 13.3. The summed E-state index contributed by atoms with van der Waals surface area (Å²) in [5.41, 5.74) is 7.58. The Labute approximate surface area is 209 Å². The van der Waals surface area contributed by atoms with Gasteiger partial charge in [0.25, 0.3) is 5.56 Å². The highest BCUT2D eigenvalue weighted by Gasteiger charge is 2.25. The Kier molecular flexibility index (Phi) is 5.37. The van der Waals surface area contributed by atoms with Crippen LogP contribution in [0.2, 0.25) is 0 Å². The van der Waals surface area contributed by atoms with Crippen LogP contribution in [0.5, 0.6) is 0 Å². The number of nitrogens with one attached hydrogen (secondary N) is 1. The maximum absolute atomic E-state index is 15.1. The molecule has 5 aromatic rings. The molecule has 0 bridgehead atoms. The molecule has 12 heteroatoms. The van der Waals surface area contributed by atoms with Gasteiger partial charge < -0.3 is 16.2 Å². The van der Waals surface area contributed by atoms with E-state index in [9.17, 15) is 9.90 Å². The minimum Gasteiger partial charge on any atom is -0.392 e. The highest BCUT2D eigenvalue weighted by molar-refractivity contribution is 5.83. The number of nitrogens with two attached hydrogens (primary N) is 1. The highest BCUT2D eigenvalue weighted by Crippen LogP contribution is 2.41. The number of nitrogen functional groups attached to an aromatic ring is 1. The Morgan fingerprint density at radius 3 is 2.78 bits per heavy atom. The summed E-state index contributed by atoms with van der Waals surface area (Å²) in [5.74, 6) is 0.214. The Hall–Kier alpha value is -4.71. The van der Waals surface area contributed by atoms with Crippen molar-refractivity contribution in [3.05, 3.63) is 76.4 Å². The first-order valence-corrected chi connectivity index (χ1v) is 11.6. The first-order valence-electron chi connectivity index (χ1n) is 11.6. The molecule has 0 amide bonds. The number of nitrogens with zero attached hydrogens (tertiary/aromatic N) is 7. The van der Waals surface area contributed by atoms with E-state index in [1.165, 1.54) is 23.0 Å². The number of aliphatic hydroxyl groups is 1. The van der Waals surface area contributed by atoms with Crippen molar-refractivity contribution in [3.8, 4) is 17.2 Å². The summed E-state index contributed by atoms with van der Waals surface area (Å²) in [6, 6.07) is 6.58. The first kappa shape index (κ1) is 22.7. The molecule has 37 heavy (non-hydrogen) atoms. The Morgan fingerprint density at radius 1 is 1.22 bits per heavy atom. The third-order valence-corrected chi connectivity index (χ3v) is 6.30. The monoisotopic (exact) mass is 499 g/mol. The van der Waals surface area contributed by atoms with Gasteiger partial charge in [0, 0.05) is 36.8 Å². The molecule has 0 unspecified atom stereocenters. The van der Waals surface area contributed by atoms with E-state index in [-0.39, 0.29) is 34.5 Å². The van der Waals surface area contributed by atoms with E-state index >= 15 is 4.39 Å². The number of hydrogen-bond donors (Lipinski definition) is 3. The number of rotatable bonds is 6. The molecule has 186 valence electrons. The minimum atomic E-state index is -0.578. The van der Waals surface area contributed by atoms with Crippen molar-refractivity contribution in [3.63, 3.8) is 0 Å². The van der Waals surface area contributed by atoms with E-state index < -0.39 is 18.0 Å². The van der Waals surface area contributed by atoms with Crippen molar-refractivity contribution in [2.75, 3.05) is 11.1 Å². The lowest BCUT2D eigenvalue weighted by atomic mass is 10.0. The van der Waals surface area contributed by atoms with Gasteiger partial charge in [-0.15, -0.1) is 0 Å². The maximum Gasteiger partial charge on any atom is 0.267 e. The fraction of sp³-hybridized carbons (Fsp3) is 0.200. The van der Waals surface area contributed by atoms with Gasteiger partial charge in [-0.05, 0) is 47.9 Å². The van der Waals surface area contributed by atoms with Gasteiger partial charge in [-0.2, -0.15) is 20.1 Å². The second-order valence-corrected chi connectivity index (χ2v) is 8.92. The Bertz CT molecular complexity index is 1730. The van der Waals surface area contributed by atoms with E-state index in [2.05, 4.69) is 30.4 Å². The molecular formula is C25H22FN9O2. The topological polar surface area (TPSA) is 150 Å². The molecule has 1 aromatic carbocycles. The minimum absolute atomic E-state index is 0.0321. The zero-order valence-electron chi connectivity index (χ0n) is 19.8. The van der Waals surface area contributed by atoms with E-state index in [0.29, 0.717) is 22.6 Å². The molecule has 4 N–H and O–H groups in total. The number of aryl methyl sites for hydroxylation is 1. The van der Waals surface area contributed by atoms with Crippen LogP contribution in [-0.4, -0.2) is 39.4 Å². The average molecular weight is 500 g/mol. The predicted molar refractivity (Wildman–Crippen MR) is 135 cm³/mol. The van der Waals surface area contributed by atoms with Crippen molar-refractivity contribution in [2.24, 2.45) is 7.05 Å². The summed E-state index contributed by atoms with van der Waals surface area (Å²) in [4.78, 5) is 30.5. The van der Waals surface area contributed by atoms with Gasteiger partial charge in [0.1, 0.15) is 11.6 Å². The molecule has 4 aromatic heterocycles. The summed E-state index contributed by atoms with van der Waals surface area (Å²) in [5, 5.41) is 17.9. The van der Waals surface area contributed by atoms with Crippen LogP contribution in [0.25, 0.3) is 28.0 Å². The number of pyridine rings is 2. The molecule has 1 fully saturated rings. The van der Waals surface area contributed by atoms with Gasteiger partial charge in [0.2, 0.25) is 11.9 Å². The van der Waals surface area contributed by atoms with Gasteiger partial charge >= 0.3 is 0 Å². The van der Waals surface area contributed by atoms with Crippen LogP contribution in [0.3, 0.4) is 0 Å². The molecule has 1 aliphatic carbocycles. The zero-order chi connectivity index (χ0) is 25.7. The standard InChI is InChI=1S/C25H22FN9O2/c1-34-11-16(10-29-34)30-25-32-21(31-24(27)33-25)17-4-6-28-22(18(17)12-36)35-7-5-14-8-15(13-2-3-13)9-19(26)20(14)23(35)37/h4-11,13,36H,2-3,12H2,1H3,(H3,27,30,31,32,33). The van der Waals surface area contributed by atoms with Crippen molar-refractivity contribution in [1.29, 1.82) is 0 Å². The second-order valence-electron chi connectivity index (χ2n) is 8.92. The Balaban J connectivity index is 1.46. The van der Waals surface area contributed by atoms with E-state index in [4.69, 9.17) is 5.73 Å². The summed E-state index contributed by atoms with van der Waals surface area (Å²) >= 11 is 0. The largest absolute Gasteiger partial charge is 0.392 e. The predicted octanol–water partition coefficient (Wildman–Crippen LogP) is 2.81. The number of aliphatic hydroxyl groups excluding tert-OH is 1. The van der Waals surface area contributed by atoms with Crippen LogP contribution in [0.15, 0.2) is 53.8 Å². The van der Waals surface area contributed by atoms with Crippen LogP contribution in [-0.2, 0) is 13.7 Å². The molecule has 1 saturated carbocycles. The van der Waals surface area contributed by atoms with Gasteiger partial charge in [-0.3, -0.25) is 14.0 Å². The summed E-state index contributed by atoms with van der Waals surface area (Å²) in [7, 11) is 1.77. The molecule has 0 spiro atoms. The lowest BCUT2D eigenvalue weighted by Crippen LogP contribution is -2.21. The molecule has 0 atom stereocenters. The summed E-state index contributed by atoms with van der Waals surface area (Å²) < 4.78 is 17.9. The highest BCUT2D eigenvalue weighted by atomic mass is 19.1. The fourth-order valence-electron chi connectivity index (χ4n) is 4.41. The number of hydrogen-bond acceptors (Lipinski definition) is 9. The van der Waals surface area contributed by atoms with Crippen LogP contribution in [0, 0.1) is 5.82 Å². The van der Waals surface area contributed by atoms with Crippen LogP contribution in [0.1, 0.15) is 29.9 Å². The third-order valence-electron chi connectivity index (χ3n) is 6.30. The van der Waals surface area contributed by atoms with Crippen LogP contribution in [0.4, 0.5) is 22.0 Å². The number of halogens is 1. The molecule has 1 aliphatic rings. The Morgan fingerprint density at radius 2 is 2.05 bits per heavy atom. The van der Waals surface area contributed by atoms with E-state index in [1.807, 2.05) is 6.07 Å². The smallest absolute Gasteiger partial charge is 0.267 e. The number of benzene rings is 1. The zero-order valence-corrected chi connectivity index (χ0v) is 19.8. The first-order chi connectivity index (χ1) is 17.9.